The van der Waals surface area contributed by atoms with Crippen LogP contribution in [0.25, 0.3) is 28.2 Å². The van der Waals surface area contributed by atoms with Gasteiger partial charge in [0.05, 0.1) is 11.5 Å². The van der Waals surface area contributed by atoms with Crippen molar-refractivity contribution in [2.45, 2.75) is 6.92 Å². The van der Waals surface area contributed by atoms with E-state index in [0.29, 0.717) is 24.0 Å². The van der Waals surface area contributed by atoms with Gasteiger partial charge in [0.25, 0.3) is 11.1 Å². The molecule has 9 heteroatoms. The lowest BCUT2D eigenvalue weighted by molar-refractivity contribution is -0.115. The molecule has 1 N–H and O–H groups in total. The van der Waals surface area contributed by atoms with Crippen LogP contribution in [-0.4, -0.2) is 32.7 Å². The van der Waals surface area contributed by atoms with Crippen LogP contribution in [-0.2, 0) is 4.79 Å². The Hall–Kier alpha value is -3.20. The molecule has 0 saturated carbocycles. The van der Waals surface area contributed by atoms with E-state index in [-0.39, 0.29) is 4.91 Å². The van der Waals surface area contributed by atoms with Crippen molar-refractivity contribution < 1.29 is 18.7 Å². The molecule has 0 spiro atoms. The Morgan fingerprint density at radius 2 is 2.04 bits per heavy atom. The first kappa shape index (κ1) is 16.3. The summed E-state index contributed by atoms with van der Waals surface area (Å²) < 4.78 is 11.1. The van der Waals surface area contributed by atoms with Crippen LogP contribution in [0.5, 0.6) is 6.01 Å². The van der Waals surface area contributed by atoms with E-state index >= 15 is 0 Å². The molecule has 0 atom stereocenters. The normalized spacial score (nSPS) is 15.7. The molecule has 1 fully saturated rings. The zero-order valence-corrected chi connectivity index (χ0v) is 14.4. The van der Waals surface area contributed by atoms with E-state index in [1.807, 2.05) is 6.92 Å². The largest absolute Gasteiger partial charge is 0.464 e. The van der Waals surface area contributed by atoms with Gasteiger partial charge in [-0.25, -0.2) is 9.97 Å². The fourth-order valence-electron chi connectivity index (χ4n) is 2.47. The molecule has 4 heterocycles. The molecule has 0 aliphatic carbocycles. The molecule has 0 radical (unpaired) electrons. The first-order chi connectivity index (χ1) is 12.6. The van der Waals surface area contributed by atoms with Crippen LogP contribution >= 0.6 is 11.8 Å². The second-order valence-electron chi connectivity index (χ2n) is 5.29. The highest BCUT2D eigenvalue weighted by Crippen LogP contribution is 2.32. The molecule has 0 bridgehead atoms. The summed E-state index contributed by atoms with van der Waals surface area (Å²) in [5, 5.41) is 2.57. The predicted octanol–water partition coefficient (Wildman–Crippen LogP) is 3.01. The molecule has 1 saturated heterocycles. The molecule has 0 aromatic carbocycles. The van der Waals surface area contributed by atoms with Gasteiger partial charge in [0.15, 0.2) is 0 Å². The highest BCUT2D eigenvalue weighted by atomic mass is 32.2. The van der Waals surface area contributed by atoms with Crippen molar-refractivity contribution in [2.24, 2.45) is 0 Å². The van der Waals surface area contributed by atoms with Crippen LogP contribution in [0.15, 0.2) is 40.2 Å². The van der Waals surface area contributed by atoms with Gasteiger partial charge in [0.2, 0.25) is 0 Å². The Morgan fingerprint density at radius 1 is 1.23 bits per heavy atom. The van der Waals surface area contributed by atoms with E-state index in [2.05, 4.69) is 20.3 Å². The van der Waals surface area contributed by atoms with Gasteiger partial charge in [-0.1, -0.05) is 0 Å². The van der Waals surface area contributed by atoms with Crippen molar-refractivity contribution in [3.63, 3.8) is 0 Å². The predicted molar refractivity (Wildman–Crippen MR) is 95.3 cm³/mol. The van der Waals surface area contributed by atoms with E-state index in [9.17, 15) is 9.59 Å². The number of nitrogens with zero attached hydrogens (tertiary/aromatic N) is 3. The zero-order chi connectivity index (χ0) is 18.1. The molecule has 2 amide bonds. The molecule has 0 unspecified atom stereocenters. The van der Waals surface area contributed by atoms with Gasteiger partial charge in [-0.3, -0.25) is 19.9 Å². The monoisotopic (exact) mass is 368 g/mol. The number of hydrogen-bond acceptors (Lipinski definition) is 8. The van der Waals surface area contributed by atoms with Crippen LogP contribution in [0, 0.1) is 0 Å². The van der Waals surface area contributed by atoms with E-state index in [1.165, 1.54) is 6.08 Å². The van der Waals surface area contributed by atoms with Crippen molar-refractivity contribution in [1.82, 2.24) is 20.3 Å². The number of pyridine rings is 1. The van der Waals surface area contributed by atoms with Gasteiger partial charge in [0.1, 0.15) is 11.3 Å². The van der Waals surface area contributed by atoms with E-state index in [0.717, 1.165) is 28.3 Å². The second-order valence-corrected chi connectivity index (χ2v) is 6.31. The number of fused-ring (bicyclic) bond motifs is 1. The molecule has 1 aliphatic heterocycles. The lowest BCUT2D eigenvalue weighted by Crippen LogP contribution is -2.17. The van der Waals surface area contributed by atoms with Crippen molar-refractivity contribution in [2.75, 3.05) is 6.61 Å². The van der Waals surface area contributed by atoms with Gasteiger partial charge >= 0.3 is 6.01 Å². The Bertz CT molecular complexity index is 1040. The number of furan rings is 1. The molecule has 26 heavy (non-hydrogen) atoms. The van der Waals surface area contributed by atoms with E-state index in [4.69, 9.17) is 9.15 Å². The number of nitrogens with one attached hydrogen (secondary N) is 1. The maximum atomic E-state index is 11.7. The van der Waals surface area contributed by atoms with Crippen LogP contribution < -0.4 is 10.1 Å². The Labute approximate surface area is 151 Å². The smallest absolute Gasteiger partial charge is 0.316 e. The van der Waals surface area contributed by atoms with Gasteiger partial charge in [-0.2, -0.15) is 0 Å². The fourth-order valence-corrected chi connectivity index (χ4v) is 3.13. The van der Waals surface area contributed by atoms with E-state index < -0.39 is 11.1 Å². The lowest BCUT2D eigenvalue weighted by atomic mass is 10.1. The number of carbonyl (C=O) groups excluding carboxylic acids is 2. The summed E-state index contributed by atoms with van der Waals surface area (Å²) in [6.45, 7) is 2.35. The van der Waals surface area contributed by atoms with Crippen molar-refractivity contribution in [3.05, 3.63) is 41.5 Å². The van der Waals surface area contributed by atoms with Crippen LogP contribution in [0.1, 0.15) is 12.7 Å². The third-order valence-electron chi connectivity index (χ3n) is 3.57. The summed E-state index contributed by atoms with van der Waals surface area (Å²) >= 11 is 0.837. The van der Waals surface area contributed by atoms with Gasteiger partial charge < -0.3 is 9.15 Å². The maximum absolute atomic E-state index is 11.7. The highest BCUT2D eigenvalue weighted by Gasteiger charge is 2.25. The summed E-state index contributed by atoms with van der Waals surface area (Å²) in [6.07, 6.45) is 8.11. The third-order valence-corrected chi connectivity index (χ3v) is 4.38. The first-order valence-electron chi connectivity index (χ1n) is 7.71. The zero-order valence-electron chi connectivity index (χ0n) is 13.6. The summed E-state index contributed by atoms with van der Waals surface area (Å²) in [7, 11) is 0. The molecular weight excluding hydrogens is 356 g/mol. The molecule has 1 aliphatic rings. The molecular formula is C17H12N4O4S. The van der Waals surface area contributed by atoms with Gasteiger partial charge in [-0.05, 0) is 24.8 Å². The minimum absolute atomic E-state index is 0.285. The minimum Gasteiger partial charge on any atom is -0.464 e. The van der Waals surface area contributed by atoms with Crippen molar-refractivity contribution in [1.29, 1.82) is 0 Å². The second kappa shape index (κ2) is 6.60. The lowest BCUT2D eigenvalue weighted by Gasteiger charge is -2.03. The van der Waals surface area contributed by atoms with E-state index in [1.54, 1.807) is 30.9 Å². The number of imide groups is 1. The number of thioether (sulfide) groups is 1. The van der Waals surface area contributed by atoms with Crippen LogP contribution in [0.3, 0.4) is 0 Å². The molecule has 4 rings (SSSR count). The summed E-state index contributed by atoms with van der Waals surface area (Å²) in [5.41, 5.74) is 2.03. The molecule has 8 nitrogen and oxygen atoms in total. The number of carbonyl (C=O) groups is 2. The Kier molecular flexibility index (Phi) is 4.13. The highest BCUT2D eigenvalue weighted by molar-refractivity contribution is 8.18. The molecule has 130 valence electrons. The van der Waals surface area contributed by atoms with Crippen LogP contribution in [0.4, 0.5) is 4.79 Å². The number of rotatable bonds is 4. The van der Waals surface area contributed by atoms with Gasteiger partial charge in [-0.15, -0.1) is 0 Å². The minimum atomic E-state index is -0.432. The standard InChI is InChI=1S/C17H12N4O4S/c1-2-24-16-19-6-10(7-20-16)12-8-18-5-9-3-11(25-14(9)12)4-13-15(22)21-17(23)26-13/h3-8H,2H2,1H3,(H,21,22,23). The third kappa shape index (κ3) is 3.04. The first-order valence-corrected chi connectivity index (χ1v) is 8.53. The summed E-state index contributed by atoms with van der Waals surface area (Å²) in [4.78, 5) is 35.7. The maximum Gasteiger partial charge on any atom is 0.316 e. The van der Waals surface area contributed by atoms with Crippen molar-refractivity contribution >= 4 is 40.0 Å². The molecule has 3 aromatic rings. The number of hydrogen-bond donors (Lipinski definition) is 1. The Balaban J connectivity index is 1.73. The van der Waals surface area contributed by atoms with Crippen molar-refractivity contribution in [3.8, 4) is 17.1 Å². The SMILES string of the molecule is CCOc1ncc(-c2cncc3cc(C=C4SC(=O)NC4=O)oc23)cn1. The topological polar surface area (TPSA) is 107 Å². The average molecular weight is 368 g/mol. The summed E-state index contributed by atoms with van der Waals surface area (Å²) in [5.74, 6) is 0.0205. The van der Waals surface area contributed by atoms with Gasteiger partial charge in [0, 0.05) is 47.4 Å². The summed E-state index contributed by atoms with van der Waals surface area (Å²) in [6, 6.07) is 2.06. The van der Waals surface area contributed by atoms with Crippen LogP contribution in [0.2, 0.25) is 0 Å². The average Bonchev–Trinajstić information content (AvgIpc) is 3.18. The Morgan fingerprint density at radius 3 is 2.73 bits per heavy atom. The molecule has 3 aromatic heterocycles. The fraction of sp³-hybridized carbons (Fsp3) is 0.118. The quantitative estimate of drug-likeness (QED) is 0.700. The number of ether oxygens (including phenoxy) is 1. The number of aromatic nitrogens is 3. The number of amides is 2.